The number of fused-ring (bicyclic) bond motifs is 1. The number of pyridine rings is 1. The number of alkyl halides is 2. The number of aryl methyl sites for hydroxylation is 1. The zero-order chi connectivity index (χ0) is 42.6. The molecule has 5 heterocycles. The van der Waals surface area contributed by atoms with E-state index in [4.69, 9.17) is 9.15 Å². The van der Waals surface area contributed by atoms with Crippen LogP contribution in [0.3, 0.4) is 0 Å². The van der Waals surface area contributed by atoms with Gasteiger partial charge in [0.05, 0.1) is 29.4 Å². The number of carbonyl (C=O) groups excluding carboxylic acids is 3. The predicted molar refractivity (Wildman–Crippen MR) is 222 cm³/mol. The highest BCUT2D eigenvalue weighted by molar-refractivity contribution is 6.03. The van der Waals surface area contributed by atoms with E-state index < -0.39 is 30.0 Å². The average Bonchev–Trinajstić information content (AvgIpc) is 3.66. The predicted octanol–water partition coefficient (Wildman–Crippen LogP) is 5.89. The standard InChI is InChI=1S/C43H52F2N10O6/c1-52(17-3-18-60-19-15-26-8-11-33-35(20-26)53(2)43(59)55(33)34-12-13-37(56)50-41(34)58)23-28-6-9-30(10-7-28)54-24-31(38(51-54)39(44)45)48-40(57)32-25-61-42(49-32)29-14-16-46-36(21-29)47-22-27-4-5-27/h8,11,14,16,20-21,24-25,27-28,30,34,39H,3-7,9-10,12-13,15,17-19,22-23H2,1-2H3,(H,46,47)(H,48,57)(H,50,56,58)/t28-,30-,34?. The molecule has 8 rings (SSSR count). The first kappa shape index (κ1) is 42.0. The maximum absolute atomic E-state index is 14.1. The summed E-state index contributed by atoms with van der Waals surface area (Å²) >= 11 is 0. The van der Waals surface area contributed by atoms with Crippen LogP contribution in [-0.2, 0) is 27.8 Å². The molecule has 61 heavy (non-hydrogen) atoms. The van der Waals surface area contributed by atoms with Gasteiger partial charge in [-0.3, -0.25) is 33.5 Å². The molecule has 3 N–H and O–H groups in total. The molecule has 2 saturated carbocycles. The molecule has 0 bridgehead atoms. The van der Waals surface area contributed by atoms with Gasteiger partial charge in [0.25, 0.3) is 12.3 Å². The van der Waals surface area contributed by atoms with Gasteiger partial charge in [0, 0.05) is 57.7 Å². The lowest BCUT2D eigenvalue weighted by Crippen LogP contribution is -2.44. The second kappa shape index (κ2) is 18.5. The van der Waals surface area contributed by atoms with Crippen molar-refractivity contribution in [2.75, 3.05) is 50.5 Å². The van der Waals surface area contributed by atoms with Gasteiger partial charge in [-0.25, -0.2) is 23.5 Å². The molecule has 1 unspecified atom stereocenters. The van der Waals surface area contributed by atoms with E-state index in [-0.39, 0.29) is 41.3 Å². The molecular weight excluding hydrogens is 791 g/mol. The van der Waals surface area contributed by atoms with E-state index in [9.17, 15) is 28.0 Å². The molecular formula is C43H52F2N10O6. The first-order valence-electron chi connectivity index (χ1n) is 21.1. The number of hydrogen-bond acceptors (Lipinski definition) is 11. The van der Waals surface area contributed by atoms with Gasteiger partial charge in [-0.05, 0) is 106 Å². The van der Waals surface area contributed by atoms with E-state index in [0.29, 0.717) is 54.8 Å². The van der Waals surface area contributed by atoms with Gasteiger partial charge in [0.2, 0.25) is 17.7 Å². The van der Waals surface area contributed by atoms with Gasteiger partial charge in [-0.15, -0.1) is 0 Å². The summed E-state index contributed by atoms with van der Waals surface area (Å²) in [7, 11) is 3.78. The first-order chi connectivity index (χ1) is 29.5. The Morgan fingerprint density at radius 1 is 1.03 bits per heavy atom. The number of ether oxygens (including phenoxy) is 1. The number of imidazole rings is 1. The number of hydrogen-bond donors (Lipinski definition) is 3. The zero-order valence-electron chi connectivity index (χ0n) is 34.4. The van der Waals surface area contributed by atoms with E-state index in [1.54, 1.807) is 30.1 Å². The molecule has 324 valence electrons. The molecule has 1 atom stereocenters. The van der Waals surface area contributed by atoms with Crippen molar-refractivity contribution in [3.05, 3.63) is 76.4 Å². The zero-order valence-corrected chi connectivity index (χ0v) is 34.4. The van der Waals surface area contributed by atoms with Crippen molar-refractivity contribution < 1.29 is 32.3 Å². The number of oxazole rings is 1. The largest absolute Gasteiger partial charge is 0.444 e. The number of imide groups is 1. The third-order valence-electron chi connectivity index (χ3n) is 12.0. The van der Waals surface area contributed by atoms with E-state index in [2.05, 4.69) is 43.0 Å². The Bertz CT molecular complexity index is 2430. The lowest BCUT2D eigenvalue weighted by atomic mass is 9.86. The second-order valence-corrected chi connectivity index (χ2v) is 16.6. The molecule has 0 spiro atoms. The molecule has 18 heteroatoms. The maximum Gasteiger partial charge on any atom is 0.329 e. The second-order valence-electron chi connectivity index (χ2n) is 16.6. The Kier molecular flexibility index (Phi) is 12.7. The molecule has 1 aromatic carbocycles. The molecule has 0 radical (unpaired) electrons. The summed E-state index contributed by atoms with van der Waals surface area (Å²) in [4.78, 5) is 61.3. The Morgan fingerprint density at radius 3 is 2.61 bits per heavy atom. The smallest absolute Gasteiger partial charge is 0.329 e. The molecule has 3 fully saturated rings. The molecule has 1 saturated heterocycles. The number of carbonyl (C=O) groups is 3. The summed E-state index contributed by atoms with van der Waals surface area (Å²) in [5, 5.41) is 12.4. The first-order valence-corrected chi connectivity index (χ1v) is 21.1. The number of halogens is 2. The minimum Gasteiger partial charge on any atom is -0.444 e. The van der Waals surface area contributed by atoms with Gasteiger partial charge in [0.1, 0.15) is 18.1 Å². The lowest BCUT2D eigenvalue weighted by Gasteiger charge is -2.31. The lowest BCUT2D eigenvalue weighted by molar-refractivity contribution is -0.135. The van der Waals surface area contributed by atoms with Gasteiger partial charge >= 0.3 is 5.69 Å². The van der Waals surface area contributed by atoms with Gasteiger partial charge in [-0.2, -0.15) is 5.10 Å². The fourth-order valence-corrected chi connectivity index (χ4v) is 8.43. The Hall–Kier alpha value is -5.75. The summed E-state index contributed by atoms with van der Waals surface area (Å²) < 4.78 is 44.4. The van der Waals surface area contributed by atoms with Crippen LogP contribution in [0.25, 0.3) is 22.5 Å². The van der Waals surface area contributed by atoms with Crippen molar-refractivity contribution in [2.24, 2.45) is 18.9 Å². The van der Waals surface area contributed by atoms with Crippen molar-refractivity contribution in [3.8, 4) is 11.5 Å². The number of nitrogens with one attached hydrogen (secondary N) is 3. The number of anilines is 2. The van der Waals surface area contributed by atoms with E-state index in [1.807, 2.05) is 18.2 Å². The fraction of sp³-hybridized carbons (Fsp3) is 0.512. The summed E-state index contributed by atoms with van der Waals surface area (Å²) in [6.45, 7) is 3.77. The van der Waals surface area contributed by atoms with Crippen molar-refractivity contribution in [2.45, 2.75) is 82.7 Å². The normalized spacial score (nSPS) is 19.5. The monoisotopic (exact) mass is 842 g/mol. The number of benzene rings is 1. The van der Waals surface area contributed by atoms with Crippen LogP contribution in [0.15, 0.2) is 58.2 Å². The Balaban J connectivity index is 0.757. The topological polar surface area (TPSA) is 183 Å². The molecule has 3 amide bonds. The number of rotatable bonds is 18. The fourth-order valence-electron chi connectivity index (χ4n) is 8.43. The number of piperidine rings is 1. The van der Waals surface area contributed by atoms with Gasteiger partial charge in [0.15, 0.2) is 11.4 Å². The van der Waals surface area contributed by atoms with E-state index in [0.717, 1.165) is 62.8 Å². The Morgan fingerprint density at radius 2 is 1.84 bits per heavy atom. The number of aromatic nitrogens is 6. The molecule has 1 aliphatic heterocycles. The van der Waals surface area contributed by atoms with E-state index >= 15 is 0 Å². The minimum absolute atomic E-state index is 0.0333. The summed E-state index contributed by atoms with van der Waals surface area (Å²) in [6, 6.07) is 8.51. The minimum atomic E-state index is -2.87. The van der Waals surface area contributed by atoms with Crippen molar-refractivity contribution in [1.82, 2.24) is 39.1 Å². The summed E-state index contributed by atoms with van der Waals surface area (Å²) in [6.07, 6.45) is 9.36. The number of nitrogens with zero attached hydrogens (tertiary/aromatic N) is 7. The molecule has 16 nitrogen and oxygen atoms in total. The van der Waals surface area contributed by atoms with Crippen molar-refractivity contribution in [3.63, 3.8) is 0 Å². The summed E-state index contributed by atoms with van der Waals surface area (Å²) in [5.74, 6) is 0.610. The third-order valence-corrected chi connectivity index (χ3v) is 12.0. The van der Waals surface area contributed by atoms with Crippen LogP contribution in [0.1, 0.15) is 98.0 Å². The number of amides is 3. The summed E-state index contributed by atoms with van der Waals surface area (Å²) in [5.41, 5.74) is 2.20. The van der Waals surface area contributed by atoms with Crippen molar-refractivity contribution >= 4 is 40.3 Å². The highest BCUT2D eigenvalue weighted by Gasteiger charge is 2.32. The Labute approximate surface area is 351 Å². The molecule has 2 aliphatic carbocycles. The molecule has 3 aliphatic rings. The van der Waals surface area contributed by atoms with Crippen LogP contribution in [0, 0.1) is 11.8 Å². The van der Waals surface area contributed by atoms with Crippen LogP contribution >= 0.6 is 0 Å². The molecule has 5 aromatic rings. The van der Waals surface area contributed by atoms with Crippen LogP contribution in [0.2, 0.25) is 0 Å². The SMILES string of the molecule is CN(CCCOCCc1ccc2c(c1)n(C)c(=O)n2C1CCC(=O)NC1=O)C[C@H]1CC[C@H](n2cc(NC(=O)c3coc(-c4ccnc(NCC5CC5)c4)n3)c(C(F)F)n2)CC1. The van der Waals surface area contributed by atoms with Crippen LogP contribution < -0.4 is 21.6 Å². The quantitative estimate of drug-likeness (QED) is 0.0707. The van der Waals surface area contributed by atoms with Gasteiger partial charge in [-0.1, -0.05) is 6.07 Å². The maximum atomic E-state index is 14.1. The molecule has 4 aromatic heterocycles. The van der Waals surface area contributed by atoms with E-state index in [1.165, 1.54) is 34.4 Å². The van der Waals surface area contributed by atoms with Crippen LogP contribution in [0.5, 0.6) is 0 Å². The highest BCUT2D eigenvalue weighted by atomic mass is 19.3. The van der Waals surface area contributed by atoms with Gasteiger partial charge < -0.3 is 24.7 Å². The third kappa shape index (κ3) is 9.91. The van der Waals surface area contributed by atoms with Crippen LogP contribution in [-0.4, -0.2) is 91.4 Å². The van der Waals surface area contributed by atoms with Crippen molar-refractivity contribution in [1.29, 1.82) is 0 Å². The highest BCUT2D eigenvalue weighted by Crippen LogP contribution is 2.35. The van der Waals surface area contributed by atoms with Crippen LogP contribution in [0.4, 0.5) is 20.3 Å². The average molecular weight is 843 g/mol.